The molecule has 112 valence electrons. The molecule has 0 aliphatic rings. The second kappa shape index (κ2) is 6.26. The minimum absolute atomic E-state index is 0.307. The largest absolute Gasteiger partial charge is 0.423 e. The van der Waals surface area contributed by atoms with Crippen molar-refractivity contribution in [1.29, 1.82) is 0 Å². The summed E-state index contributed by atoms with van der Waals surface area (Å²) < 4.78 is 10.6. The van der Waals surface area contributed by atoms with E-state index >= 15 is 0 Å². The highest BCUT2D eigenvalue weighted by atomic mass is 16.5. The zero-order chi connectivity index (χ0) is 16.3. The smallest absolute Gasteiger partial charge is 0.338 e. The molecule has 22 heavy (non-hydrogen) atoms. The van der Waals surface area contributed by atoms with Gasteiger partial charge < -0.3 is 9.47 Å². The molecular formula is C18H16O4. The van der Waals surface area contributed by atoms with Gasteiger partial charge >= 0.3 is 11.9 Å². The molecule has 0 amide bonds. The molecule has 4 heteroatoms. The second-order valence-corrected chi connectivity index (χ2v) is 4.95. The Bertz CT molecular complexity index is 720. The maximum atomic E-state index is 11.7. The van der Waals surface area contributed by atoms with Gasteiger partial charge in [0.2, 0.25) is 0 Å². The normalized spacial score (nSPS) is 10.1. The van der Waals surface area contributed by atoms with E-state index in [9.17, 15) is 9.59 Å². The molecule has 0 unspecified atom stereocenters. The number of ether oxygens (including phenoxy) is 2. The highest BCUT2D eigenvalue weighted by molar-refractivity contribution is 5.99. The average molecular weight is 296 g/mol. The lowest BCUT2D eigenvalue weighted by atomic mass is 10.1. The van der Waals surface area contributed by atoms with Crippen LogP contribution in [0.5, 0.6) is 11.5 Å². The quantitative estimate of drug-likeness (QED) is 0.489. The van der Waals surface area contributed by atoms with E-state index in [1.54, 1.807) is 38.1 Å². The standard InChI is InChI=1S/C18H16O4/c1-11(2)17(19)21-15-9-10-16(22-18(20)12(3)4)14-8-6-5-7-13(14)15/h5-10H,1,3H2,2,4H3. The van der Waals surface area contributed by atoms with Gasteiger partial charge in [0.25, 0.3) is 0 Å². The SMILES string of the molecule is C=C(C)C(=O)Oc1ccc(OC(=O)C(=C)C)c2ccccc12. The van der Waals surface area contributed by atoms with Crippen LogP contribution in [0, 0.1) is 0 Å². The van der Waals surface area contributed by atoms with Gasteiger partial charge in [0, 0.05) is 21.9 Å². The number of rotatable bonds is 4. The summed E-state index contributed by atoms with van der Waals surface area (Å²) >= 11 is 0. The molecule has 2 aromatic rings. The fourth-order valence-electron chi connectivity index (χ4n) is 1.80. The first kappa shape index (κ1) is 15.5. The molecule has 0 fully saturated rings. The molecule has 2 rings (SSSR count). The van der Waals surface area contributed by atoms with Crippen molar-refractivity contribution in [3.8, 4) is 11.5 Å². The van der Waals surface area contributed by atoms with Crippen molar-refractivity contribution in [3.63, 3.8) is 0 Å². The second-order valence-electron chi connectivity index (χ2n) is 4.95. The summed E-state index contributed by atoms with van der Waals surface area (Å²) in [4.78, 5) is 23.4. The molecule has 0 bridgehead atoms. The first-order valence-corrected chi connectivity index (χ1v) is 6.67. The highest BCUT2D eigenvalue weighted by Crippen LogP contribution is 2.33. The number of hydrogen-bond donors (Lipinski definition) is 0. The Morgan fingerprint density at radius 1 is 0.773 bits per heavy atom. The fourth-order valence-corrected chi connectivity index (χ4v) is 1.80. The topological polar surface area (TPSA) is 52.6 Å². The lowest BCUT2D eigenvalue weighted by Gasteiger charge is -2.11. The molecule has 0 atom stereocenters. The Morgan fingerprint density at radius 3 is 1.45 bits per heavy atom. The fraction of sp³-hybridized carbons (Fsp3) is 0.111. The van der Waals surface area contributed by atoms with Crippen molar-refractivity contribution in [2.24, 2.45) is 0 Å². The summed E-state index contributed by atoms with van der Waals surface area (Å²) in [7, 11) is 0. The monoisotopic (exact) mass is 296 g/mol. The van der Waals surface area contributed by atoms with Crippen molar-refractivity contribution < 1.29 is 19.1 Å². The van der Waals surface area contributed by atoms with E-state index in [1.165, 1.54) is 0 Å². The summed E-state index contributed by atoms with van der Waals surface area (Å²) in [6.45, 7) is 10.3. The number of benzene rings is 2. The molecule has 0 aliphatic heterocycles. The Labute approximate surface area is 128 Å². The Morgan fingerprint density at radius 2 is 1.14 bits per heavy atom. The molecule has 0 N–H and O–H groups in total. The lowest BCUT2D eigenvalue weighted by Crippen LogP contribution is -2.10. The number of esters is 2. The van der Waals surface area contributed by atoms with Gasteiger partial charge in [0.05, 0.1) is 0 Å². The van der Waals surface area contributed by atoms with Crippen molar-refractivity contribution in [2.75, 3.05) is 0 Å². The van der Waals surface area contributed by atoms with E-state index in [4.69, 9.17) is 9.47 Å². The molecule has 4 nitrogen and oxygen atoms in total. The van der Waals surface area contributed by atoms with Crippen molar-refractivity contribution in [1.82, 2.24) is 0 Å². The summed E-state index contributed by atoms with van der Waals surface area (Å²) in [6, 6.07) is 10.4. The number of hydrogen-bond acceptors (Lipinski definition) is 4. The molecule has 0 aromatic heterocycles. The molecule has 0 aliphatic carbocycles. The van der Waals surface area contributed by atoms with Crippen LogP contribution in [-0.2, 0) is 9.59 Å². The molecule has 0 spiro atoms. The van der Waals surface area contributed by atoms with Crippen LogP contribution < -0.4 is 9.47 Å². The molecule has 0 heterocycles. The summed E-state index contributed by atoms with van der Waals surface area (Å²) in [6.07, 6.45) is 0. The minimum Gasteiger partial charge on any atom is -0.423 e. The van der Waals surface area contributed by atoms with Crippen LogP contribution in [0.15, 0.2) is 60.7 Å². The van der Waals surface area contributed by atoms with Gasteiger partial charge in [-0.05, 0) is 26.0 Å². The van der Waals surface area contributed by atoms with E-state index < -0.39 is 11.9 Å². The zero-order valence-electron chi connectivity index (χ0n) is 12.5. The van der Waals surface area contributed by atoms with Crippen LogP contribution in [0.1, 0.15) is 13.8 Å². The summed E-state index contributed by atoms with van der Waals surface area (Å²) in [5.74, 6) is -0.230. The highest BCUT2D eigenvalue weighted by Gasteiger charge is 2.14. The van der Waals surface area contributed by atoms with E-state index in [0.717, 1.165) is 0 Å². The van der Waals surface area contributed by atoms with Gasteiger partial charge in [-0.15, -0.1) is 0 Å². The van der Waals surface area contributed by atoms with Crippen LogP contribution in [0.4, 0.5) is 0 Å². The molecule has 0 radical (unpaired) electrons. The van der Waals surface area contributed by atoms with Crippen LogP contribution >= 0.6 is 0 Å². The van der Waals surface area contributed by atoms with Gasteiger partial charge in [-0.1, -0.05) is 37.4 Å². The molecule has 0 saturated carbocycles. The third kappa shape index (κ3) is 3.23. The first-order valence-electron chi connectivity index (χ1n) is 6.67. The lowest BCUT2D eigenvalue weighted by molar-refractivity contribution is -0.131. The van der Waals surface area contributed by atoms with Gasteiger partial charge in [0.15, 0.2) is 0 Å². The third-order valence-corrected chi connectivity index (χ3v) is 2.95. The Kier molecular flexibility index (Phi) is 4.41. The van der Waals surface area contributed by atoms with Crippen LogP contribution in [-0.4, -0.2) is 11.9 Å². The van der Waals surface area contributed by atoms with Gasteiger partial charge in [-0.3, -0.25) is 0 Å². The predicted molar refractivity (Wildman–Crippen MR) is 84.8 cm³/mol. The van der Waals surface area contributed by atoms with E-state index in [-0.39, 0.29) is 0 Å². The number of carbonyl (C=O) groups is 2. The predicted octanol–water partition coefficient (Wildman–Crippen LogP) is 3.80. The van der Waals surface area contributed by atoms with Gasteiger partial charge in [0.1, 0.15) is 11.5 Å². The number of carbonyl (C=O) groups excluding carboxylic acids is 2. The van der Waals surface area contributed by atoms with Crippen LogP contribution in [0.3, 0.4) is 0 Å². The summed E-state index contributed by atoms with van der Waals surface area (Å²) in [5.41, 5.74) is 0.615. The van der Waals surface area contributed by atoms with Crippen LogP contribution in [0.2, 0.25) is 0 Å². The van der Waals surface area contributed by atoms with Gasteiger partial charge in [-0.2, -0.15) is 0 Å². The maximum absolute atomic E-state index is 11.7. The van der Waals surface area contributed by atoms with Crippen molar-refractivity contribution in [3.05, 3.63) is 60.7 Å². The Hall–Kier alpha value is -2.88. The van der Waals surface area contributed by atoms with E-state index in [2.05, 4.69) is 13.2 Å². The average Bonchev–Trinajstić information content (AvgIpc) is 2.49. The Balaban J connectivity index is 2.47. The van der Waals surface area contributed by atoms with E-state index in [0.29, 0.717) is 33.4 Å². The zero-order valence-corrected chi connectivity index (χ0v) is 12.5. The maximum Gasteiger partial charge on any atom is 0.338 e. The molecular weight excluding hydrogens is 280 g/mol. The van der Waals surface area contributed by atoms with Crippen LogP contribution in [0.25, 0.3) is 10.8 Å². The number of fused-ring (bicyclic) bond motifs is 1. The molecule has 2 aromatic carbocycles. The van der Waals surface area contributed by atoms with Gasteiger partial charge in [-0.25, -0.2) is 9.59 Å². The summed E-state index contributed by atoms with van der Waals surface area (Å²) in [5, 5.41) is 1.34. The minimum atomic E-state index is -0.503. The third-order valence-electron chi connectivity index (χ3n) is 2.95. The first-order chi connectivity index (χ1) is 10.4. The van der Waals surface area contributed by atoms with Crippen molar-refractivity contribution >= 4 is 22.7 Å². The van der Waals surface area contributed by atoms with Crippen molar-refractivity contribution in [2.45, 2.75) is 13.8 Å². The molecule has 0 saturated heterocycles. The van der Waals surface area contributed by atoms with E-state index in [1.807, 2.05) is 12.1 Å².